The van der Waals surface area contributed by atoms with E-state index in [9.17, 15) is 14.4 Å². The van der Waals surface area contributed by atoms with Gasteiger partial charge in [0.15, 0.2) is 0 Å². The first kappa shape index (κ1) is 19.5. The van der Waals surface area contributed by atoms with E-state index in [1.165, 1.54) is 7.11 Å². The maximum absolute atomic E-state index is 12.3. The lowest BCUT2D eigenvalue weighted by Crippen LogP contribution is -2.51. The third-order valence-electron chi connectivity index (χ3n) is 5.04. The molecule has 2 rings (SSSR count). The Morgan fingerprint density at radius 1 is 1.16 bits per heavy atom. The summed E-state index contributed by atoms with van der Waals surface area (Å²) in [6.45, 7) is 8.76. The van der Waals surface area contributed by atoms with Gasteiger partial charge < -0.3 is 19.3 Å². The molecule has 0 bridgehead atoms. The molecular weight excluding hydrogens is 324 g/mol. The highest BCUT2D eigenvalue weighted by Crippen LogP contribution is 2.31. The Bertz CT molecular complexity index is 520. The number of carbonyl (C=O) groups excluding carboxylic acids is 3. The van der Waals surface area contributed by atoms with Crippen LogP contribution in [-0.2, 0) is 19.1 Å². The number of carbonyl (C=O) groups is 3. The van der Waals surface area contributed by atoms with Crippen LogP contribution in [0.4, 0.5) is 4.79 Å². The molecule has 2 saturated heterocycles. The van der Waals surface area contributed by atoms with E-state index in [0.717, 1.165) is 12.8 Å². The van der Waals surface area contributed by atoms with Crippen molar-refractivity contribution in [2.24, 2.45) is 5.92 Å². The molecule has 142 valence electrons. The van der Waals surface area contributed by atoms with Gasteiger partial charge in [0.25, 0.3) is 0 Å². The van der Waals surface area contributed by atoms with E-state index in [4.69, 9.17) is 9.47 Å². The van der Waals surface area contributed by atoms with E-state index in [0.29, 0.717) is 25.9 Å². The highest BCUT2D eigenvalue weighted by molar-refractivity contribution is 5.88. The van der Waals surface area contributed by atoms with Gasteiger partial charge in [0.05, 0.1) is 7.11 Å². The van der Waals surface area contributed by atoms with Crippen LogP contribution in [0.15, 0.2) is 0 Å². The van der Waals surface area contributed by atoms with E-state index >= 15 is 0 Å². The average molecular weight is 354 g/mol. The van der Waals surface area contributed by atoms with Crippen molar-refractivity contribution in [3.8, 4) is 0 Å². The number of rotatable bonds is 3. The largest absolute Gasteiger partial charge is 0.467 e. The van der Waals surface area contributed by atoms with Crippen molar-refractivity contribution >= 4 is 18.0 Å². The number of likely N-dealkylation sites (tertiary alicyclic amines) is 2. The van der Waals surface area contributed by atoms with Crippen molar-refractivity contribution < 1.29 is 23.9 Å². The van der Waals surface area contributed by atoms with Gasteiger partial charge in [-0.05, 0) is 52.9 Å². The second-order valence-corrected chi connectivity index (χ2v) is 7.92. The molecule has 25 heavy (non-hydrogen) atoms. The number of hydrogen-bond donors (Lipinski definition) is 0. The zero-order chi connectivity index (χ0) is 18.8. The number of nitrogens with zero attached hydrogens (tertiary/aromatic N) is 2. The molecule has 7 heteroatoms. The summed E-state index contributed by atoms with van der Waals surface area (Å²) in [5.74, 6) is -0.0748. The van der Waals surface area contributed by atoms with Gasteiger partial charge in [-0.2, -0.15) is 0 Å². The SMILES string of the molecule is COC(=O)C1CCC(=O)N1C(C)C1CCN(C(=O)OC(C)(C)C)CC1. The van der Waals surface area contributed by atoms with Gasteiger partial charge in [-0.3, -0.25) is 4.79 Å². The number of hydrogen-bond acceptors (Lipinski definition) is 5. The number of methoxy groups -OCH3 is 1. The predicted molar refractivity (Wildman–Crippen MR) is 91.9 cm³/mol. The van der Waals surface area contributed by atoms with Gasteiger partial charge in [0.1, 0.15) is 11.6 Å². The Labute approximate surface area is 149 Å². The molecule has 2 aliphatic rings. The summed E-state index contributed by atoms with van der Waals surface area (Å²) in [5.41, 5.74) is -0.503. The zero-order valence-electron chi connectivity index (χ0n) is 15.9. The van der Waals surface area contributed by atoms with Crippen molar-refractivity contribution in [1.82, 2.24) is 9.80 Å². The van der Waals surface area contributed by atoms with Crippen LogP contribution in [0.3, 0.4) is 0 Å². The van der Waals surface area contributed by atoms with Crippen LogP contribution in [0.25, 0.3) is 0 Å². The Kier molecular flexibility index (Phi) is 5.95. The summed E-state index contributed by atoms with van der Waals surface area (Å²) in [7, 11) is 1.35. The van der Waals surface area contributed by atoms with Crippen LogP contribution in [0, 0.1) is 5.92 Å². The first-order valence-electron chi connectivity index (χ1n) is 9.01. The molecule has 0 radical (unpaired) electrons. The maximum Gasteiger partial charge on any atom is 0.410 e. The summed E-state index contributed by atoms with van der Waals surface area (Å²) in [6, 6.07) is -0.517. The minimum atomic E-state index is -0.503. The van der Waals surface area contributed by atoms with Crippen LogP contribution in [0.1, 0.15) is 53.4 Å². The molecule has 2 aliphatic heterocycles. The normalized spacial score (nSPS) is 23.6. The highest BCUT2D eigenvalue weighted by atomic mass is 16.6. The Morgan fingerprint density at radius 2 is 1.76 bits per heavy atom. The van der Waals surface area contributed by atoms with Gasteiger partial charge in [-0.1, -0.05) is 0 Å². The minimum Gasteiger partial charge on any atom is -0.467 e. The van der Waals surface area contributed by atoms with Crippen LogP contribution < -0.4 is 0 Å². The van der Waals surface area contributed by atoms with Crippen LogP contribution in [0.2, 0.25) is 0 Å². The van der Waals surface area contributed by atoms with E-state index in [1.54, 1.807) is 9.80 Å². The summed E-state index contributed by atoms with van der Waals surface area (Å²) >= 11 is 0. The zero-order valence-corrected chi connectivity index (χ0v) is 15.9. The Hall–Kier alpha value is -1.79. The lowest BCUT2D eigenvalue weighted by Gasteiger charge is -2.40. The molecule has 0 aliphatic carbocycles. The van der Waals surface area contributed by atoms with E-state index in [1.807, 2.05) is 27.7 Å². The summed E-state index contributed by atoms with van der Waals surface area (Å²) in [5, 5.41) is 0. The number of piperidine rings is 1. The third kappa shape index (κ3) is 4.64. The lowest BCUT2D eigenvalue weighted by atomic mass is 9.89. The van der Waals surface area contributed by atoms with Crippen molar-refractivity contribution in [2.45, 2.75) is 71.1 Å². The fourth-order valence-electron chi connectivity index (χ4n) is 3.70. The smallest absolute Gasteiger partial charge is 0.410 e. The summed E-state index contributed by atoms with van der Waals surface area (Å²) in [4.78, 5) is 39.8. The van der Waals surface area contributed by atoms with Gasteiger partial charge in [0.2, 0.25) is 5.91 Å². The first-order valence-corrected chi connectivity index (χ1v) is 9.01. The van der Waals surface area contributed by atoms with Crippen molar-refractivity contribution in [3.63, 3.8) is 0 Å². The molecule has 0 N–H and O–H groups in total. The molecule has 0 aromatic rings. The standard InChI is InChI=1S/C18H30N2O5/c1-12(20-14(16(22)24-5)6-7-15(20)21)13-8-10-19(11-9-13)17(23)25-18(2,3)4/h12-14H,6-11H2,1-5H3. The van der Waals surface area contributed by atoms with Gasteiger partial charge in [-0.25, -0.2) is 9.59 Å². The second kappa shape index (κ2) is 7.62. The Balaban J connectivity index is 1.94. The van der Waals surface area contributed by atoms with E-state index in [2.05, 4.69) is 0 Å². The molecule has 2 amide bonds. The number of amides is 2. The molecule has 0 aromatic carbocycles. The van der Waals surface area contributed by atoms with Crippen LogP contribution >= 0.6 is 0 Å². The lowest BCUT2D eigenvalue weighted by molar-refractivity contribution is -0.151. The van der Waals surface area contributed by atoms with Crippen LogP contribution in [-0.4, -0.2) is 65.7 Å². The van der Waals surface area contributed by atoms with Gasteiger partial charge in [-0.15, -0.1) is 0 Å². The molecule has 0 spiro atoms. The van der Waals surface area contributed by atoms with Crippen molar-refractivity contribution in [1.29, 1.82) is 0 Å². The third-order valence-corrected chi connectivity index (χ3v) is 5.04. The second-order valence-electron chi connectivity index (χ2n) is 7.92. The van der Waals surface area contributed by atoms with Crippen molar-refractivity contribution in [3.05, 3.63) is 0 Å². The molecule has 0 aromatic heterocycles. The monoisotopic (exact) mass is 354 g/mol. The highest BCUT2D eigenvalue weighted by Gasteiger charge is 2.42. The topological polar surface area (TPSA) is 76.2 Å². The van der Waals surface area contributed by atoms with Crippen LogP contribution in [0.5, 0.6) is 0 Å². The van der Waals surface area contributed by atoms with Gasteiger partial charge >= 0.3 is 12.1 Å². The van der Waals surface area contributed by atoms with E-state index in [-0.39, 0.29) is 29.9 Å². The maximum atomic E-state index is 12.3. The quantitative estimate of drug-likeness (QED) is 0.726. The molecule has 2 fully saturated rings. The summed E-state index contributed by atoms with van der Waals surface area (Å²) < 4.78 is 10.3. The molecule has 0 saturated carbocycles. The fraction of sp³-hybridized carbons (Fsp3) is 0.833. The Morgan fingerprint density at radius 3 is 2.28 bits per heavy atom. The molecule has 2 unspecified atom stereocenters. The summed E-state index contributed by atoms with van der Waals surface area (Å²) in [6.07, 6.45) is 2.20. The predicted octanol–water partition coefficient (Wildman–Crippen LogP) is 2.19. The molecular formula is C18H30N2O5. The minimum absolute atomic E-state index is 0.0115. The number of ether oxygens (including phenoxy) is 2. The fourth-order valence-corrected chi connectivity index (χ4v) is 3.70. The number of esters is 1. The first-order chi connectivity index (χ1) is 11.6. The molecule has 7 nitrogen and oxygen atoms in total. The molecule has 2 atom stereocenters. The average Bonchev–Trinajstić information content (AvgIpc) is 2.93. The van der Waals surface area contributed by atoms with E-state index < -0.39 is 11.6 Å². The van der Waals surface area contributed by atoms with Gasteiger partial charge in [0, 0.05) is 25.6 Å². The molecule has 2 heterocycles. The van der Waals surface area contributed by atoms with Crippen molar-refractivity contribution in [2.75, 3.05) is 20.2 Å².